The Bertz CT molecular complexity index is 1230. The quantitative estimate of drug-likeness (QED) is 0.499. The first-order chi connectivity index (χ1) is 16.3. The molecule has 34 heavy (non-hydrogen) atoms. The van der Waals surface area contributed by atoms with Gasteiger partial charge in [-0.25, -0.2) is 19.3 Å². The Morgan fingerprint density at radius 1 is 1.15 bits per heavy atom. The van der Waals surface area contributed by atoms with E-state index in [0.717, 1.165) is 25.1 Å². The van der Waals surface area contributed by atoms with Gasteiger partial charge < -0.3 is 30.3 Å². The molecule has 11 nitrogen and oxygen atoms in total. The first-order valence-electron chi connectivity index (χ1n) is 10.6. The van der Waals surface area contributed by atoms with Crippen molar-refractivity contribution in [2.75, 3.05) is 41.0 Å². The minimum absolute atomic E-state index is 0.0795. The number of methoxy groups -OCH3 is 1. The van der Waals surface area contributed by atoms with Gasteiger partial charge in [-0.15, -0.1) is 0 Å². The summed E-state index contributed by atoms with van der Waals surface area (Å²) >= 11 is 0. The minimum atomic E-state index is -1.00. The van der Waals surface area contributed by atoms with E-state index in [1.807, 2.05) is 12.1 Å². The highest BCUT2D eigenvalue weighted by Gasteiger charge is 2.36. The predicted molar refractivity (Wildman–Crippen MR) is 123 cm³/mol. The summed E-state index contributed by atoms with van der Waals surface area (Å²) in [7, 11) is 1.70. The molecule has 1 amide bonds. The molecule has 0 bridgehead atoms. The largest absolute Gasteiger partial charge is 0.474 e. The van der Waals surface area contributed by atoms with Gasteiger partial charge >= 0.3 is 0 Å². The highest BCUT2D eigenvalue weighted by molar-refractivity contribution is 5.99. The number of aromatic nitrogens is 4. The monoisotopic (exact) mass is 466 g/mol. The third-order valence-corrected chi connectivity index (χ3v) is 5.50. The summed E-state index contributed by atoms with van der Waals surface area (Å²) < 4.78 is 25.3. The van der Waals surface area contributed by atoms with Gasteiger partial charge in [0, 0.05) is 20.2 Å². The number of nitrogens with one attached hydrogen (secondary N) is 3. The summed E-state index contributed by atoms with van der Waals surface area (Å²) in [6.45, 7) is 4.92. The van der Waals surface area contributed by atoms with E-state index >= 15 is 0 Å². The van der Waals surface area contributed by atoms with Gasteiger partial charge in [-0.2, -0.15) is 4.98 Å². The third-order valence-electron chi connectivity index (χ3n) is 5.50. The Morgan fingerprint density at radius 3 is 2.71 bits per heavy atom. The summed E-state index contributed by atoms with van der Waals surface area (Å²) in [6.07, 6.45) is 2.94. The normalized spacial score (nSPS) is 16.7. The van der Waals surface area contributed by atoms with E-state index in [1.54, 1.807) is 39.3 Å². The lowest BCUT2D eigenvalue weighted by molar-refractivity contribution is -0.129. The van der Waals surface area contributed by atoms with Crippen LogP contribution in [0.5, 0.6) is 5.75 Å². The molecule has 0 unspecified atom stereocenters. The zero-order valence-corrected chi connectivity index (χ0v) is 18.8. The lowest BCUT2D eigenvalue weighted by Crippen LogP contribution is -2.52. The molecule has 0 atom stereocenters. The number of carbonyl (C=O) groups excluding carboxylic acids is 1. The molecule has 5 rings (SSSR count). The maximum atomic E-state index is 14.4. The van der Waals surface area contributed by atoms with Gasteiger partial charge in [0.2, 0.25) is 5.95 Å². The average Bonchev–Trinajstić information content (AvgIpc) is 2.77. The summed E-state index contributed by atoms with van der Waals surface area (Å²) in [6, 6.07) is 6.97. The summed E-state index contributed by atoms with van der Waals surface area (Å²) in [5.41, 5.74) is -0.350. The maximum Gasteiger partial charge on any atom is 0.269 e. The molecule has 12 heteroatoms. The fraction of sp³-hybridized carbons (Fsp3) is 0.318. The van der Waals surface area contributed by atoms with Crippen LogP contribution in [0.3, 0.4) is 0 Å². The first kappa shape index (κ1) is 21.8. The molecule has 3 aromatic heterocycles. The Balaban J connectivity index is 1.28. The zero-order chi connectivity index (χ0) is 23.9. The molecule has 3 N–H and O–H groups in total. The van der Waals surface area contributed by atoms with Crippen LogP contribution in [0.25, 0.3) is 0 Å². The van der Waals surface area contributed by atoms with Gasteiger partial charge in [0.25, 0.3) is 5.91 Å². The van der Waals surface area contributed by atoms with Gasteiger partial charge in [-0.05, 0) is 38.1 Å². The molecule has 2 aliphatic heterocycles. The van der Waals surface area contributed by atoms with Crippen LogP contribution in [0.2, 0.25) is 0 Å². The molecule has 176 valence electrons. The summed E-state index contributed by atoms with van der Waals surface area (Å²) in [5, 5.41) is 8.52. The van der Waals surface area contributed by atoms with E-state index in [0.29, 0.717) is 11.4 Å². The van der Waals surface area contributed by atoms with E-state index in [-0.39, 0.29) is 35.4 Å². The van der Waals surface area contributed by atoms with E-state index < -0.39 is 11.4 Å². The zero-order valence-electron chi connectivity index (χ0n) is 18.8. The van der Waals surface area contributed by atoms with E-state index in [4.69, 9.17) is 9.47 Å². The van der Waals surface area contributed by atoms with Crippen LogP contribution >= 0.6 is 0 Å². The number of fused-ring (bicyclic) bond motifs is 1. The summed E-state index contributed by atoms with van der Waals surface area (Å²) in [5.74, 6) is 0.907. The number of hydrogen-bond donors (Lipinski definition) is 3. The second kappa shape index (κ2) is 8.37. The summed E-state index contributed by atoms with van der Waals surface area (Å²) in [4.78, 5) is 31.1. The Morgan fingerprint density at radius 2 is 1.97 bits per heavy atom. The Hall–Kier alpha value is -4.06. The number of ether oxygens (including phenoxy) is 2. The number of rotatable bonds is 6. The number of pyridine rings is 2. The van der Waals surface area contributed by atoms with Crippen LogP contribution < -0.4 is 25.6 Å². The van der Waals surface area contributed by atoms with E-state index in [1.165, 1.54) is 0 Å². The molecule has 1 saturated heterocycles. The topological polar surface area (TPSA) is 126 Å². The van der Waals surface area contributed by atoms with Gasteiger partial charge in [0.05, 0.1) is 24.2 Å². The van der Waals surface area contributed by atoms with Crippen molar-refractivity contribution in [2.24, 2.45) is 0 Å². The molecule has 0 aliphatic carbocycles. The number of hydrogen-bond acceptors (Lipinski definition) is 10. The number of carbonyl (C=O) groups is 1. The number of anilines is 6. The molecule has 0 aromatic carbocycles. The van der Waals surface area contributed by atoms with Crippen LogP contribution in [0.1, 0.15) is 13.8 Å². The van der Waals surface area contributed by atoms with Crippen LogP contribution in [-0.4, -0.2) is 57.7 Å². The smallest absolute Gasteiger partial charge is 0.269 e. The van der Waals surface area contributed by atoms with Crippen LogP contribution in [0.15, 0.2) is 36.7 Å². The predicted octanol–water partition coefficient (Wildman–Crippen LogP) is 2.84. The lowest BCUT2D eigenvalue weighted by atomic mass is 10.1. The van der Waals surface area contributed by atoms with Crippen molar-refractivity contribution >= 4 is 40.8 Å². The van der Waals surface area contributed by atoms with Crippen LogP contribution in [0.4, 0.5) is 39.3 Å². The number of nitrogens with zero attached hydrogens (tertiary/aromatic N) is 5. The molecule has 3 aromatic rings. The van der Waals surface area contributed by atoms with Crippen LogP contribution in [0, 0.1) is 5.82 Å². The maximum absolute atomic E-state index is 14.4. The fourth-order valence-corrected chi connectivity index (χ4v) is 3.45. The Kier molecular flexibility index (Phi) is 5.36. The Labute approximate surface area is 194 Å². The molecule has 0 saturated carbocycles. The van der Waals surface area contributed by atoms with Crippen molar-refractivity contribution in [1.82, 2.24) is 19.9 Å². The van der Waals surface area contributed by atoms with Gasteiger partial charge in [-0.3, -0.25) is 4.79 Å². The van der Waals surface area contributed by atoms with Crippen molar-refractivity contribution in [1.29, 1.82) is 0 Å². The van der Waals surface area contributed by atoms with Crippen molar-refractivity contribution in [2.45, 2.75) is 25.6 Å². The molecular formula is C22H23FN8O3. The molecule has 5 heterocycles. The molecule has 0 radical (unpaired) electrons. The van der Waals surface area contributed by atoms with Crippen molar-refractivity contribution in [3.05, 3.63) is 42.5 Å². The van der Waals surface area contributed by atoms with Gasteiger partial charge in [0.1, 0.15) is 11.6 Å². The van der Waals surface area contributed by atoms with Crippen molar-refractivity contribution in [3.8, 4) is 5.75 Å². The van der Waals surface area contributed by atoms with E-state index in [2.05, 4.69) is 40.8 Å². The highest BCUT2D eigenvalue weighted by atomic mass is 19.1. The molecule has 1 fully saturated rings. The molecule has 2 aliphatic rings. The highest BCUT2D eigenvalue weighted by Crippen LogP contribution is 2.33. The SMILES string of the molecule is COC1CN(c2ccc(Nc3ncc(F)c(Nc4ccc5c(n4)NC(=O)C(C)(C)O5)n3)cn2)C1. The van der Waals surface area contributed by atoms with Crippen molar-refractivity contribution in [3.63, 3.8) is 0 Å². The first-order valence-corrected chi connectivity index (χ1v) is 10.6. The standard InChI is InChI=1S/C22H23FN8O3/c1-22(2)20(32)29-19-15(34-22)5-6-16(28-19)27-18-14(23)9-25-21(30-18)26-12-4-7-17(24-8-12)31-10-13(11-31)33-3/h4-9,13H,10-11H2,1-3H3,(H3,25,26,27,28,29,30,32). The lowest BCUT2D eigenvalue weighted by Gasteiger charge is -2.38. The number of halogens is 1. The van der Waals surface area contributed by atoms with E-state index in [9.17, 15) is 9.18 Å². The van der Waals surface area contributed by atoms with Gasteiger partial charge in [0.15, 0.2) is 28.8 Å². The number of amides is 1. The van der Waals surface area contributed by atoms with Gasteiger partial charge in [-0.1, -0.05) is 0 Å². The van der Waals surface area contributed by atoms with Crippen LogP contribution in [-0.2, 0) is 9.53 Å². The third kappa shape index (κ3) is 4.27. The second-order valence-corrected chi connectivity index (χ2v) is 8.42. The molecular weight excluding hydrogens is 443 g/mol. The minimum Gasteiger partial charge on any atom is -0.474 e. The molecule has 0 spiro atoms. The van der Waals surface area contributed by atoms with Crippen molar-refractivity contribution < 1.29 is 18.7 Å². The average molecular weight is 466 g/mol. The fourth-order valence-electron chi connectivity index (χ4n) is 3.45. The second-order valence-electron chi connectivity index (χ2n) is 8.42.